The van der Waals surface area contributed by atoms with E-state index in [0.717, 1.165) is 44.3 Å². The van der Waals surface area contributed by atoms with E-state index in [9.17, 15) is 9.59 Å². The molecule has 6 heteroatoms. The van der Waals surface area contributed by atoms with Crippen LogP contribution in [0.5, 0.6) is 0 Å². The van der Waals surface area contributed by atoms with Crippen LogP contribution in [0.2, 0.25) is 0 Å². The van der Waals surface area contributed by atoms with Crippen molar-refractivity contribution >= 4 is 11.2 Å². The first-order valence-corrected chi connectivity index (χ1v) is 8.36. The molecule has 0 saturated heterocycles. The predicted octanol–water partition coefficient (Wildman–Crippen LogP) is 2.44. The second-order valence-electron chi connectivity index (χ2n) is 5.73. The van der Waals surface area contributed by atoms with E-state index in [1.807, 2.05) is 13.8 Å². The van der Waals surface area contributed by atoms with Crippen molar-refractivity contribution in [2.75, 3.05) is 0 Å². The highest BCUT2D eigenvalue weighted by molar-refractivity contribution is 5.69. The van der Waals surface area contributed by atoms with Crippen LogP contribution in [0.25, 0.3) is 11.2 Å². The number of hydrogen-bond donors (Lipinski definition) is 1. The highest BCUT2D eigenvalue weighted by Gasteiger charge is 2.16. The number of H-pyrrole nitrogens is 1. The van der Waals surface area contributed by atoms with E-state index in [2.05, 4.69) is 16.9 Å². The molecule has 0 atom stereocenters. The lowest BCUT2D eigenvalue weighted by Gasteiger charge is -2.09. The highest BCUT2D eigenvalue weighted by Crippen LogP contribution is 2.09. The molecule has 0 aromatic carbocycles. The summed E-state index contributed by atoms with van der Waals surface area (Å²) in [5.74, 6) is 0.805. The van der Waals surface area contributed by atoms with E-state index >= 15 is 0 Å². The van der Waals surface area contributed by atoms with Gasteiger partial charge in [-0.25, -0.2) is 9.78 Å². The third-order valence-electron chi connectivity index (χ3n) is 3.82. The number of fused-ring (bicyclic) bond motifs is 1. The van der Waals surface area contributed by atoms with Gasteiger partial charge in [0.05, 0.1) is 0 Å². The third-order valence-corrected chi connectivity index (χ3v) is 3.82. The number of aromatic amines is 1. The second kappa shape index (κ2) is 7.42. The van der Waals surface area contributed by atoms with Crippen molar-refractivity contribution in [3.8, 4) is 0 Å². The minimum atomic E-state index is -0.247. The van der Waals surface area contributed by atoms with Crippen LogP contribution in [0.4, 0.5) is 0 Å². The second-order valence-corrected chi connectivity index (χ2v) is 5.73. The normalized spacial score (nSPS) is 11.4. The lowest BCUT2D eigenvalue weighted by molar-refractivity contribution is 0.555. The summed E-state index contributed by atoms with van der Waals surface area (Å²) in [4.78, 5) is 32.7. The Hall–Kier alpha value is -1.85. The maximum absolute atomic E-state index is 12.5. The molecule has 0 aliphatic rings. The van der Waals surface area contributed by atoms with Crippen molar-refractivity contribution in [3.63, 3.8) is 0 Å². The Kier molecular flexibility index (Phi) is 5.57. The van der Waals surface area contributed by atoms with E-state index in [4.69, 9.17) is 0 Å². The van der Waals surface area contributed by atoms with Gasteiger partial charge in [0, 0.05) is 19.5 Å². The van der Waals surface area contributed by atoms with Crippen molar-refractivity contribution in [2.45, 2.75) is 72.4 Å². The molecule has 0 aliphatic heterocycles. The van der Waals surface area contributed by atoms with Crippen LogP contribution in [0.1, 0.15) is 58.7 Å². The summed E-state index contributed by atoms with van der Waals surface area (Å²) in [6.45, 7) is 7.16. The highest BCUT2D eigenvalue weighted by atomic mass is 16.2. The first-order chi connectivity index (χ1) is 10.6. The van der Waals surface area contributed by atoms with Crippen LogP contribution in [0.3, 0.4) is 0 Å². The van der Waals surface area contributed by atoms with Gasteiger partial charge >= 0.3 is 5.69 Å². The summed E-state index contributed by atoms with van der Waals surface area (Å²) in [6, 6.07) is 0. The molecule has 0 bridgehead atoms. The largest absolute Gasteiger partial charge is 0.336 e. The lowest BCUT2D eigenvalue weighted by atomic mass is 10.2. The molecule has 2 aromatic heterocycles. The number of imidazole rings is 1. The van der Waals surface area contributed by atoms with Gasteiger partial charge in [-0.2, -0.15) is 0 Å². The lowest BCUT2D eigenvalue weighted by Crippen LogP contribution is -2.40. The summed E-state index contributed by atoms with van der Waals surface area (Å²) >= 11 is 0. The monoisotopic (exact) mass is 306 g/mol. The van der Waals surface area contributed by atoms with Gasteiger partial charge in [-0.05, 0) is 19.3 Å². The van der Waals surface area contributed by atoms with Crippen LogP contribution < -0.4 is 11.2 Å². The zero-order chi connectivity index (χ0) is 16.1. The number of unbranched alkanes of at least 4 members (excludes halogenated alkanes) is 2. The van der Waals surface area contributed by atoms with Crippen LogP contribution in [-0.4, -0.2) is 19.1 Å². The van der Waals surface area contributed by atoms with Gasteiger partial charge in [-0.15, -0.1) is 0 Å². The van der Waals surface area contributed by atoms with Crippen molar-refractivity contribution < 1.29 is 0 Å². The number of hydrogen-bond acceptors (Lipinski definition) is 3. The molecule has 2 heterocycles. The number of nitrogens with one attached hydrogen (secondary N) is 1. The molecule has 2 rings (SSSR count). The number of nitrogens with zero attached hydrogens (tertiary/aromatic N) is 3. The Morgan fingerprint density at radius 1 is 0.955 bits per heavy atom. The van der Waals surface area contributed by atoms with Gasteiger partial charge in [-0.3, -0.25) is 13.9 Å². The van der Waals surface area contributed by atoms with Gasteiger partial charge in [-0.1, -0.05) is 33.6 Å². The van der Waals surface area contributed by atoms with E-state index in [0.29, 0.717) is 24.3 Å². The fourth-order valence-electron chi connectivity index (χ4n) is 2.72. The molecule has 0 spiro atoms. The van der Waals surface area contributed by atoms with Gasteiger partial charge in [0.1, 0.15) is 11.3 Å². The first-order valence-electron chi connectivity index (χ1n) is 8.36. The van der Waals surface area contributed by atoms with E-state index in [-0.39, 0.29) is 11.2 Å². The molecule has 0 radical (unpaired) electrons. The molecule has 0 saturated carbocycles. The molecule has 2 aromatic rings. The standard InChI is InChI=1S/C16H26N4O2/c1-4-7-8-9-12-17-13-14(18-12)19(10-5-2)16(22)20(11-6-3)15(13)21/h4-11H2,1-3H3,(H,17,18). The Morgan fingerprint density at radius 2 is 1.64 bits per heavy atom. The molecule has 22 heavy (non-hydrogen) atoms. The predicted molar refractivity (Wildman–Crippen MR) is 88.4 cm³/mol. The molecular weight excluding hydrogens is 280 g/mol. The smallest absolute Gasteiger partial charge is 0.332 e. The van der Waals surface area contributed by atoms with Crippen molar-refractivity contribution in [1.29, 1.82) is 0 Å². The molecule has 0 unspecified atom stereocenters. The Balaban J connectivity index is 2.56. The average Bonchev–Trinajstić information content (AvgIpc) is 2.92. The minimum absolute atomic E-state index is 0.243. The molecule has 122 valence electrons. The molecule has 1 N–H and O–H groups in total. The maximum atomic E-state index is 12.5. The van der Waals surface area contributed by atoms with Crippen LogP contribution in [-0.2, 0) is 19.5 Å². The minimum Gasteiger partial charge on any atom is -0.336 e. The fraction of sp³-hybridized carbons (Fsp3) is 0.688. The number of rotatable bonds is 8. The summed E-state index contributed by atoms with van der Waals surface area (Å²) in [6.07, 6.45) is 5.72. The topological polar surface area (TPSA) is 72.7 Å². The Bertz CT molecular complexity index is 739. The summed E-state index contributed by atoms with van der Waals surface area (Å²) in [5.41, 5.74) is 0.486. The molecule has 0 fully saturated rings. The fourth-order valence-corrected chi connectivity index (χ4v) is 2.72. The summed E-state index contributed by atoms with van der Waals surface area (Å²) in [5, 5.41) is 0. The van der Waals surface area contributed by atoms with Crippen LogP contribution in [0.15, 0.2) is 9.59 Å². The van der Waals surface area contributed by atoms with Crippen LogP contribution >= 0.6 is 0 Å². The van der Waals surface area contributed by atoms with Crippen molar-refractivity contribution in [2.24, 2.45) is 0 Å². The van der Waals surface area contributed by atoms with Gasteiger partial charge in [0.15, 0.2) is 5.65 Å². The van der Waals surface area contributed by atoms with Crippen molar-refractivity contribution in [1.82, 2.24) is 19.1 Å². The van der Waals surface area contributed by atoms with E-state index in [1.54, 1.807) is 4.57 Å². The Labute approximate surface area is 130 Å². The Morgan fingerprint density at radius 3 is 2.27 bits per heavy atom. The van der Waals surface area contributed by atoms with Gasteiger partial charge < -0.3 is 4.98 Å². The molecule has 0 amide bonds. The zero-order valence-electron chi connectivity index (χ0n) is 13.8. The SMILES string of the molecule is CCCCCc1nc2c([nH]1)c(=O)n(CCC)c(=O)n2CCC. The first kappa shape index (κ1) is 16.5. The summed E-state index contributed by atoms with van der Waals surface area (Å²) < 4.78 is 2.96. The van der Waals surface area contributed by atoms with E-state index in [1.165, 1.54) is 4.57 Å². The van der Waals surface area contributed by atoms with Crippen molar-refractivity contribution in [3.05, 3.63) is 26.7 Å². The maximum Gasteiger partial charge on any atom is 0.332 e. The quantitative estimate of drug-likeness (QED) is 0.761. The van der Waals surface area contributed by atoms with Crippen LogP contribution in [0, 0.1) is 0 Å². The molecular formula is C16H26N4O2. The summed E-state index contributed by atoms with van der Waals surface area (Å²) in [7, 11) is 0. The van der Waals surface area contributed by atoms with Gasteiger partial charge in [0.25, 0.3) is 5.56 Å². The molecule has 6 nitrogen and oxygen atoms in total. The third kappa shape index (κ3) is 3.15. The zero-order valence-corrected chi connectivity index (χ0v) is 13.8. The number of aromatic nitrogens is 4. The average molecular weight is 306 g/mol. The van der Waals surface area contributed by atoms with E-state index < -0.39 is 0 Å². The number of aryl methyl sites for hydroxylation is 2. The molecule has 0 aliphatic carbocycles. The van der Waals surface area contributed by atoms with Gasteiger partial charge in [0.2, 0.25) is 0 Å².